The van der Waals surface area contributed by atoms with E-state index in [9.17, 15) is 4.79 Å². The molecule has 4 heteroatoms. The van der Waals surface area contributed by atoms with E-state index in [1.807, 2.05) is 19.1 Å². The van der Waals surface area contributed by atoms with Crippen LogP contribution in [0.15, 0.2) is 29.0 Å². The maximum absolute atomic E-state index is 11.2. The predicted molar refractivity (Wildman–Crippen MR) is 48.3 cm³/mol. The van der Waals surface area contributed by atoms with Gasteiger partial charge in [-0.25, -0.2) is 0 Å². The van der Waals surface area contributed by atoms with Gasteiger partial charge in [0.1, 0.15) is 6.26 Å². The second-order valence-electron chi connectivity index (χ2n) is 2.50. The van der Waals surface area contributed by atoms with Crippen LogP contribution >= 0.6 is 0 Å². The first kappa shape index (κ1) is 9.51. The number of aromatic nitrogens is 1. The molecule has 0 saturated heterocycles. The predicted octanol–water partition coefficient (Wildman–Crippen LogP) is 1.37. The summed E-state index contributed by atoms with van der Waals surface area (Å²) in [6, 6.07) is 1.53. The minimum atomic E-state index is -0.196. The molecule has 0 bridgehead atoms. The molecule has 70 valence electrons. The van der Waals surface area contributed by atoms with Gasteiger partial charge in [-0.2, -0.15) is 0 Å². The van der Waals surface area contributed by atoms with E-state index in [1.54, 1.807) is 0 Å². The van der Waals surface area contributed by atoms with Gasteiger partial charge in [0.25, 0.3) is 5.91 Å². The fourth-order valence-corrected chi connectivity index (χ4v) is 0.856. The normalized spacial score (nSPS) is 10.5. The molecular formula is C9H12N2O2. The summed E-state index contributed by atoms with van der Waals surface area (Å²) in [5, 5.41) is 6.22. The molecule has 0 radical (unpaired) electrons. The van der Waals surface area contributed by atoms with Gasteiger partial charge in [0.2, 0.25) is 0 Å². The first-order valence-electron chi connectivity index (χ1n) is 4.14. The average molecular weight is 180 g/mol. The van der Waals surface area contributed by atoms with Crippen LogP contribution in [0.25, 0.3) is 0 Å². The van der Waals surface area contributed by atoms with Gasteiger partial charge in [-0.15, -0.1) is 0 Å². The van der Waals surface area contributed by atoms with Gasteiger partial charge in [0, 0.05) is 12.6 Å². The van der Waals surface area contributed by atoms with Crippen LogP contribution in [0.2, 0.25) is 0 Å². The lowest BCUT2D eigenvalue weighted by molar-refractivity contribution is 0.0945. The lowest BCUT2D eigenvalue weighted by Crippen LogP contribution is -2.24. The Bertz CT molecular complexity index is 278. The van der Waals surface area contributed by atoms with E-state index < -0.39 is 0 Å². The van der Waals surface area contributed by atoms with Crippen molar-refractivity contribution in [1.29, 1.82) is 0 Å². The van der Waals surface area contributed by atoms with Crippen LogP contribution < -0.4 is 5.32 Å². The Balaban J connectivity index is 2.27. The largest absolute Gasteiger partial charge is 0.364 e. The highest BCUT2D eigenvalue weighted by Crippen LogP contribution is 1.93. The maximum atomic E-state index is 11.2. The summed E-state index contributed by atoms with van der Waals surface area (Å²) >= 11 is 0. The van der Waals surface area contributed by atoms with E-state index in [2.05, 4.69) is 15.0 Å². The van der Waals surface area contributed by atoms with E-state index in [4.69, 9.17) is 0 Å². The number of amides is 1. The maximum Gasteiger partial charge on any atom is 0.273 e. The summed E-state index contributed by atoms with van der Waals surface area (Å²) < 4.78 is 4.54. The van der Waals surface area contributed by atoms with Crippen LogP contribution in [0.5, 0.6) is 0 Å². The van der Waals surface area contributed by atoms with Crippen molar-refractivity contribution in [2.24, 2.45) is 0 Å². The highest BCUT2D eigenvalue weighted by molar-refractivity contribution is 5.91. The molecule has 1 amide bonds. The Morgan fingerprint density at radius 3 is 3.23 bits per heavy atom. The van der Waals surface area contributed by atoms with Crippen LogP contribution in [-0.4, -0.2) is 17.6 Å². The molecule has 4 nitrogen and oxygen atoms in total. The zero-order chi connectivity index (χ0) is 9.52. The fraction of sp³-hybridized carbons (Fsp3) is 0.333. The molecule has 13 heavy (non-hydrogen) atoms. The highest BCUT2D eigenvalue weighted by atomic mass is 16.5. The van der Waals surface area contributed by atoms with Gasteiger partial charge < -0.3 is 9.84 Å². The van der Waals surface area contributed by atoms with Gasteiger partial charge in [-0.3, -0.25) is 4.79 Å². The van der Waals surface area contributed by atoms with E-state index in [1.165, 1.54) is 12.3 Å². The van der Waals surface area contributed by atoms with Crippen molar-refractivity contribution in [2.45, 2.75) is 13.3 Å². The summed E-state index contributed by atoms with van der Waals surface area (Å²) in [6.07, 6.45) is 6.15. The van der Waals surface area contributed by atoms with Crippen LogP contribution in [0.4, 0.5) is 0 Å². The summed E-state index contributed by atoms with van der Waals surface area (Å²) in [4.78, 5) is 11.2. The Hall–Kier alpha value is -1.58. The molecule has 0 spiro atoms. The standard InChI is InChI=1S/C9H12N2O2/c1-2-3-4-6-10-9(12)8-5-7-13-11-8/h2-3,5,7H,4,6H2,1H3,(H,10,12)/b3-2+. The Morgan fingerprint density at radius 1 is 1.77 bits per heavy atom. The molecule has 0 aliphatic carbocycles. The quantitative estimate of drug-likeness (QED) is 0.562. The average Bonchev–Trinajstić information content (AvgIpc) is 2.65. The zero-order valence-corrected chi connectivity index (χ0v) is 7.49. The summed E-state index contributed by atoms with van der Waals surface area (Å²) in [5.74, 6) is -0.196. The number of hydrogen-bond donors (Lipinski definition) is 1. The number of allylic oxidation sites excluding steroid dienone is 1. The summed E-state index contributed by atoms with van der Waals surface area (Å²) in [7, 11) is 0. The minimum absolute atomic E-state index is 0.196. The molecule has 0 aliphatic heterocycles. The van der Waals surface area contributed by atoms with E-state index in [0.29, 0.717) is 12.2 Å². The van der Waals surface area contributed by atoms with E-state index >= 15 is 0 Å². The molecule has 0 atom stereocenters. The second-order valence-corrected chi connectivity index (χ2v) is 2.50. The third-order valence-corrected chi connectivity index (χ3v) is 1.50. The molecule has 1 aromatic heterocycles. The number of carbonyl (C=O) groups excluding carboxylic acids is 1. The third kappa shape index (κ3) is 3.11. The van der Waals surface area contributed by atoms with Crippen LogP contribution in [0.1, 0.15) is 23.8 Å². The molecule has 0 aliphatic rings. The van der Waals surface area contributed by atoms with Gasteiger partial charge in [0.15, 0.2) is 5.69 Å². The van der Waals surface area contributed by atoms with Crippen LogP contribution in [0, 0.1) is 0 Å². The monoisotopic (exact) mass is 180 g/mol. The highest BCUT2D eigenvalue weighted by Gasteiger charge is 2.06. The molecule has 0 aromatic carbocycles. The van der Waals surface area contributed by atoms with Crippen molar-refractivity contribution in [2.75, 3.05) is 6.54 Å². The van der Waals surface area contributed by atoms with Crippen LogP contribution in [0.3, 0.4) is 0 Å². The van der Waals surface area contributed by atoms with Gasteiger partial charge >= 0.3 is 0 Å². The van der Waals surface area contributed by atoms with Crippen molar-refractivity contribution in [3.05, 3.63) is 30.2 Å². The van der Waals surface area contributed by atoms with Crippen molar-refractivity contribution in [3.63, 3.8) is 0 Å². The number of nitrogens with one attached hydrogen (secondary N) is 1. The fourth-order valence-electron chi connectivity index (χ4n) is 0.856. The van der Waals surface area contributed by atoms with Gasteiger partial charge in [-0.05, 0) is 13.3 Å². The molecular weight excluding hydrogens is 168 g/mol. The van der Waals surface area contributed by atoms with Crippen LogP contribution in [-0.2, 0) is 0 Å². The zero-order valence-electron chi connectivity index (χ0n) is 7.49. The molecule has 1 heterocycles. The number of rotatable bonds is 4. The number of hydrogen-bond acceptors (Lipinski definition) is 3. The van der Waals surface area contributed by atoms with Crippen molar-refractivity contribution < 1.29 is 9.32 Å². The number of nitrogens with zero attached hydrogens (tertiary/aromatic N) is 1. The first-order chi connectivity index (χ1) is 6.34. The lowest BCUT2D eigenvalue weighted by Gasteiger charge is -1.98. The minimum Gasteiger partial charge on any atom is -0.364 e. The van der Waals surface area contributed by atoms with Crippen molar-refractivity contribution >= 4 is 5.91 Å². The molecule has 1 rings (SSSR count). The molecule has 1 aromatic rings. The Labute approximate surface area is 76.6 Å². The van der Waals surface area contributed by atoms with Crippen molar-refractivity contribution in [1.82, 2.24) is 10.5 Å². The SMILES string of the molecule is C/C=C/CCNC(=O)c1ccon1. The topological polar surface area (TPSA) is 55.1 Å². The molecule has 0 fully saturated rings. The molecule has 1 N–H and O–H groups in total. The Kier molecular flexibility index (Phi) is 3.75. The van der Waals surface area contributed by atoms with E-state index in [-0.39, 0.29) is 5.91 Å². The lowest BCUT2D eigenvalue weighted by atomic mass is 10.3. The Morgan fingerprint density at radius 2 is 2.62 bits per heavy atom. The second kappa shape index (κ2) is 5.13. The van der Waals surface area contributed by atoms with Gasteiger partial charge in [0.05, 0.1) is 0 Å². The summed E-state index contributed by atoms with van der Waals surface area (Å²) in [6.45, 7) is 2.56. The number of carbonyl (C=O) groups is 1. The first-order valence-corrected chi connectivity index (χ1v) is 4.14. The molecule has 0 saturated carbocycles. The smallest absolute Gasteiger partial charge is 0.273 e. The van der Waals surface area contributed by atoms with Gasteiger partial charge in [-0.1, -0.05) is 17.3 Å². The van der Waals surface area contributed by atoms with E-state index in [0.717, 1.165) is 6.42 Å². The van der Waals surface area contributed by atoms with Crippen molar-refractivity contribution in [3.8, 4) is 0 Å². The molecule has 0 unspecified atom stereocenters. The summed E-state index contributed by atoms with van der Waals surface area (Å²) in [5.41, 5.74) is 0.320. The third-order valence-electron chi connectivity index (χ3n) is 1.50.